The largest absolute Gasteiger partial charge is 0.353 e. The van der Waals surface area contributed by atoms with Crippen molar-refractivity contribution in [2.24, 2.45) is 0 Å². The number of nitrogens with zero attached hydrogens (tertiary/aromatic N) is 1. The molecule has 1 aromatic rings. The van der Waals surface area contributed by atoms with E-state index in [1.165, 1.54) is 19.3 Å². The molecule has 4 heteroatoms. The Labute approximate surface area is 131 Å². The van der Waals surface area contributed by atoms with Crippen LogP contribution in [0.1, 0.15) is 54.4 Å². The monoisotopic (exact) mass is 298 g/mol. The second-order valence-corrected chi connectivity index (χ2v) is 6.10. The molecule has 1 fully saturated rings. The Bertz CT molecular complexity index is 568. The van der Waals surface area contributed by atoms with Crippen molar-refractivity contribution >= 4 is 17.5 Å². The van der Waals surface area contributed by atoms with Crippen LogP contribution in [0.25, 0.3) is 5.70 Å². The van der Waals surface area contributed by atoms with Crippen molar-refractivity contribution in [2.75, 3.05) is 6.54 Å². The molecule has 0 unspecified atom stereocenters. The molecule has 4 nitrogen and oxygen atoms in total. The Morgan fingerprint density at radius 3 is 2.55 bits per heavy atom. The van der Waals surface area contributed by atoms with Gasteiger partial charge in [0.25, 0.3) is 5.91 Å². The molecule has 22 heavy (non-hydrogen) atoms. The van der Waals surface area contributed by atoms with E-state index < -0.39 is 0 Å². The lowest BCUT2D eigenvalue weighted by Crippen LogP contribution is -2.38. The minimum atomic E-state index is -0.0499. The van der Waals surface area contributed by atoms with Crippen molar-refractivity contribution in [3.8, 4) is 0 Å². The third-order valence-electron chi connectivity index (χ3n) is 4.57. The fourth-order valence-electron chi connectivity index (χ4n) is 3.33. The first-order valence-corrected chi connectivity index (χ1v) is 8.06. The van der Waals surface area contributed by atoms with Crippen LogP contribution in [-0.4, -0.2) is 29.3 Å². The normalized spacial score (nSPS) is 18.5. The highest BCUT2D eigenvalue weighted by atomic mass is 16.2. The lowest BCUT2D eigenvalue weighted by molar-refractivity contribution is -0.122. The molecule has 1 heterocycles. The predicted octanol–water partition coefficient (Wildman–Crippen LogP) is 2.95. The maximum atomic E-state index is 12.3. The zero-order chi connectivity index (χ0) is 15.5. The van der Waals surface area contributed by atoms with Gasteiger partial charge in [-0.05, 0) is 18.9 Å². The summed E-state index contributed by atoms with van der Waals surface area (Å²) in [6.45, 7) is 4.39. The number of carbonyl (C=O) groups excluding carboxylic acids is 2. The predicted molar refractivity (Wildman–Crippen MR) is 86.1 cm³/mol. The number of nitrogens with one attached hydrogen (secondary N) is 1. The van der Waals surface area contributed by atoms with E-state index in [0.717, 1.165) is 18.4 Å². The minimum Gasteiger partial charge on any atom is -0.353 e. The first-order chi connectivity index (χ1) is 10.7. The number of benzene rings is 1. The summed E-state index contributed by atoms with van der Waals surface area (Å²) in [6, 6.07) is 7.78. The van der Waals surface area contributed by atoms with Crippen LogP contribution in [0.15, 0.2) is 30.8 Å². The molecular formula is C18H22N2O2. The molecule has 2 aliphatic rings. The molecule has 0 atom stereocenters. The van der Waals surface area contributed by atoms with Crippen LogP contribution in [0.4, 0.5) is 0 Å². The second kappa shape index (κ2) is 6.34. The summed E-state index contributed by atoms with van der Waals surface area (Å²) in [5.41, 5.74) is 2.26. The van der Waals surface area contributed by atoms with Gasteiger partial charge in [-0.2, -0.15) is 0 Å². The maximum Gasteiger partial charge on any atom is 0.258 e. The van der Waals surface area contributed by atoms with Crippen LogP contribution in [0.2, 0.25) is 0 Å². The number of rotatable bonds is 4. The van der Waals surface area contributed by atoms with Gasteiger partial charge in [-0.3, -0.25) is 9.59 Å². The summed E-state index contributed by atoms with van der Waals surface area (Å²) >= 11 is 0. The number of carbonyl (C=O) groups is 2. The summed E-state index contributed by atoms with van der Waals surface area (Å²) in [4.78, 5) is 26.0. The van der Waals surface area contributed by atoms with Crippen LogP contribution >= 0.6 is 0 Å². The van der Waals surface area contributed by atoms with Crippen molar-refractivity contribution in [1.29, 1.82) is 0 Å². The number of fused-ring (bicyclic) bond motifs is 1. The van der Waals surface area contributed by atoms with E-state index in [0.29, 0.717) is 30.3 Å². The molecule has 0 spiro atoms. The topological polar surface area (TPSA) is 49.4 Å². The van der Waals surface area contributed by atoms with E-state index in [2.05, 4.69) is 11.9 Å². The van der Waals surface area contributed by atoms with Crippen LogP contribution in [0.5, 0.6) is 0 Å². The molecule has 0 radical (unpaired) electrons. The van der Waals surface area contributed by atoms with Gasteiger partial charge in [0.2, 0.25) is 5.91 Å². The van der Waals surface area contributed by atoms with Gasteiger partial charge < -0.3 is 10.2 Å². The Kier molecular flexibility index (Phi) is 4.27. The summed E-state index contributed by atoms with van der Waals surface area (Å²) in [7, 11) is 0. The first kappa shape index (κ1) is 14.8. The summed E-state index contributed by atoms with van der Waals surface area (Å²) < 4.78 is 0. The van der Waals surface area contributed by atoms with Gasteiger partial charge in [0.05, 0.1) is 0 Å². The highest BCUT2D eigenvalue weighted by Gasteiger charge is 2.30. The van der Waals surface area contributed by atoms with Gasteiger partial charge in [0.1, 0.15) is 0 Å². The molecule has 1 aliphatic carbocycles. The maximum absolute atomic E-state index is 12.3. The molecule has 2 amide bonds. The highest BCUT2D eigenvalue weighted by molar-refractivity contribution is 6.08. The molecule has 1 N–H and O–H groups in total. The van der Waals surface area contributed by atoms with Gasteiger partial charge in [-0.25, -0.2) is 0 Å². The number of amides is 2. The van der Waals surface area contributed by atoms with Gasteiger partial charge >= 0.3 is 0 Å². The van der Waals surface area contributed by atoms with Crippen molar-refractivity contribution in [2.45, 2.75) is 44.6 Å². The molecule has 116 valence electrons. The third-order valence-corrected chi connectivity index (χ3v) is 4.57. The van der Waals surface area contributed by atoms with Crippen LogP contribution in [0.3, 0.4) is 0 Å². The Hall–Kier alpha value is -2.10. The summed E-state index contributed by atoms with van der Waals surface area (Å²) in [6.07, 6.45) is 6.14. The molecule has 0 bridgehead atoms. The zero-order valence-electron chi connectivity index (χ0n) is 12.8. The quantitative estimate of drug-likeness (QED) is 0.929. The third kappa shape index (κ3) is 2.91. The van der Waals surface area contributed by atoms with Crippen molar-refractivity contribution in [1.82, 2.24) is 10.2 Å². The van der Waals surface area contributed by atoms with E-state index in [1.807, 2.05) is 24.3 Å². The average molecular weight is 298 g/mol. The standard InChI is InChI=1S/C18H22N2O2/c1-13-15-9-5-6-10-16(15)18(22)20(13)12-11-17(21)19-14-7-3-2-4-8-14/h5-6,9-10,14H,1-4,7-8,11-12H2,(H,19,21). The van der Waals surface area contributed by atoms with E-state index in [9.17, 15) is 9.59 Å². The average Bonchev–Trinajstić information content (AvgIpc) is 2.78. The van der Waals surface area contributed by atoms with Crippen molar-refractivity contribution < 1.29 is 9.59 Å². The van der Waals surface area contributed by atoms with Crippen LogP contribution < -0.4 is 5.32 Å². The fourth-order valence-corrected chi connectivity index (χ4v) is 3.33. The van der Waals surface area contributed by atoms with E-state index in [4.69, 9.17) is 0 Å². The second-order valence-electron chi connectivity index (χ2n) is 6.10. The zero-order valence-corrected chi connectivity index (χ0v) is 12.8. The summed E-state index contributed by atoms with van der Waals surface area (Å²) in [5, 5.41) is 3.09. The van der Waals surface area contributed by atoms with Crippen molar-refractivity contribution in [3.63, 3.8) is 0 Å². The SMILES string of the molecule is C=C1c2ccccc2C(=O)N1CCC(=O)NC1CCCCC1. The first-order valence-electron chi connectivity index (χ1n) is 8.06. The van der Waals surface area contributed by atoms with E-state index in [1.54, 1.807) is 4.90 Å². The molecular weight excluding hydrogens is 276 g/mol. The Morgan fingerprint density at radius 2 is 1.86 bits per heavy atom. The molecule has 1 aliphatic heterocycles. The molecule has 0 saturated heterocycles. The Morgan fingerprint density at radius 1 is 1.18 bits per heavy atom. The molecule has 1 aromatic carbocycles. The smallest absolute Gasteiger partial charge is 0.258 e. The van der Waals surface area contributed by atoms with Gasteiger partial charge in [0, 0.05) is 35.8 Å². The molecule has 0 aromatic heterocycles. The molecule has 1 saturated carbocycles. The fraction of sp³-hybridized carbons (Fsp3) is 0.444. The van der Waals surface area contributed by atoms with Gasteiger partial charge in [-0.15, -0.1) is 0 Å². The van der Waals surface area contributed by atoms with E-state index in [-0.39, 0.29) is 11.8 Å². The van der Waals surface area contributed by atoms with Crippen molar-refractivity contribution in [3.05, 3.63) is 42.0 Å². The van der Waals surface area contributed by atoms with Crippen LogP contribution in [0, 0.1) is 0 Å². The lowest BCUT2D eigenvalue weighted by Gasteiger charge is -2.23. The lowest BCUT2D eigenvalue weighted by atomic mass is 9.95. The molecule has 3 rings (SSSR count). The van der Waals surface area contributed by atoms with Gasteiger partial charge in [0.15, 0.2) is 0 Å². The van der Waals surface area contributed by atoms with E-state index >= 15 is 0 Å². The van der Waals surface area contributed by atoms with Gasteiger partial charge in [-0.1, -0.05) is 44.0 Å². The number of hydrogen-bond donors (Lipinski definition) is 1. The highest BCUT2D eigenvalue weighted by Crippen LogP contribution is 2.31. The van der Waals surface area contributed by atoms with Crippen LogP contribution in [-0.2, 0) is 4.79 Å². The minimum absolute atomic E-state index is 0.0310. The Balaban J connectivity index is 1.55. The summed E-state index contributed by atoms with van der Waals surface area (Å²) in [5.74, 6) is -0.0190. The number of hydrogen-bond acceptors (Lipinski definition) is 2.